The molecular formula is C12H15Cl2NO3. The second-order valence-corrected chi connectivity index (χ2v) is 4.87. The summed E-state index contributed by atoms with van der Waals surface area (Å²) < 4.78 is 5.50. The molecule has 6 heteroatoms. The van der Waals surface area contributed by atoms with Crippen molar-refractivity contribution in [2.75, 3.05) is 14.1 Å². The van der Waals surface area contributed by atoms with Crippen LogP contribution in [0.15, 0.2) is 12.1 Å². The van der Waals surface area contributed by atoms with Gasteiger partial charge in [0.15, 0.2) is 6.10 Å². The van der Waals surface area contributed by atoms with Crippen LogP contribution in [0.1, 0.15) is 12.5 Å². The number of ether oxygens (including phenoxy) is 1. The van der Waals surface area contributed by atoms with E-state index in [0.29, 0.717) is 10.6 Å². The van der Waals surface area contributed by atoms with Gasteiger partial charge < -0.3 is 14.7 Å². The Morgan fingerprint density at radius 3 is 2.56 bits per heavy atom. The van der Waals surface area contributed by atoms with Crippen molar-refractivity contribution in [3.05, 3.63) is 27.7 Å². The first-order valence-electron chi connectivity index (χ1n) is 5.33. The number of likely N-dealkylation sites (N-methyl/N-ethyl adjacent to an activating group) is 1. The van der Waals surface area contributed by atoms with Crippen LogP contribution in [-0.2, 0) is 11.4 Å². The van der Waals surface area contributed by atoms with Crippen LogP contribution < -0.4 is 4.74 Å². The van der Waals surface area contributed by atoms with Gasteiger partial charge in [0.2, 0.25) is 0 Å². The van der Waals surface area contributed by atoms with Gasteiger partial charge in [0, 0.05) is 24.7 Å². The molecule has 1 aromatic rings. The predicted molar refractivity (Wildman–Crippen MR) is 71.2 cm³/mol. The minimum absolute atomic E-state index is 0.190. The number of carbonyl (C=O) groups excluding carboxylic acids is 1. The molecule has 0 saturated heterocycles. The van der Waals surface area contributed by atoms with Gasteiger partial charge in [-0.2, -0.15) is 0 Å². The number of hydrogen-bond donors (Lipinski definition) is 1. The SMILES string of the molecule is CC(Oc1c(Cl)cc(Cl)cc1CO)C(=O)N(C)C. The molecule has 100 valence electrons. The van der Waals surface area contributed by atoms with Crippen LogP contribution in [0.3, 0.4) is 0 Å². The maximum Gasteiger partial charge on any atom is 0.262 e. The summed E-state index contributed by atoms with van der Waals surface area (Å²) in [5.74, 6) is 0.0937. The van der Waals surface area contributed by atoms with E-state index in [4.69, 9.17) is 27.9 Å². The Balaban J connectivity index is 3.00. The number of hydrogen-bond acceptors (Lipinski definition) is 3. The van der Waals surface area contributed by atoms with Crippen molar-refractivity contribution in [3.8, 4) is 5.75 Å². The van der Waals surface area contributed by atoms with Crippen LogP contribution in [0.4, 0.5) is 0 Å². The summed E-state index contributed by atoms with van der Waals surface area (Å²) in [5.41, 5.74) is 0.450. The van der Waals surface area contributed by atoms with E-state index in [1.54, 1.807) is 27.1 Å². The van der Waals surface area contributed by atoms with Crippen LogP contribution in [0.5, 0.6) is 5.75 Å². The molecule has 0 spiro atoms. The Morgan fingerprint density at radius 1 is 1.44 bits per heavy atom. The molecule has 18 heavy (non-hydrogen) atoms. The Labute approximate surface area is 116 Å². The third-order valence-corrected chi connectivity index (χ3v) is 2.84. The number of halogens is 2. The maximum atomic E-state index is 11.7. The third-order valence-electron chi connectivity index (χ3n) is 2.34. The number of amides is 1. The Hall–Kier alpha value is -0.970. The lowest BCUT2D eigenvalue weighted by Crippen LogP contribution is -2.35. The smallest absolute Gasteiger partial charge is 0.262 e. The molecule has 0 radical (unpaired) electrons. The summed E-state index contributed by atoms with van der Waals surface area (Å²) in [6.07, 6.45) is -0.691. The normalized spacial score (nSPS) is 12.1. The standard InChI is InChI=1S/C12H15Cl2NO3/c1-7(12(17)15(2)3)18-11-8(6-16)4-9(13)5-10(11)14/h4-5,7,16H,6H2,1-3H3. The van der Waals surface area contributed by atoms with Gasteiger partial charge in [-0.15, -0.1) is 0 Å². The van der Waals surface area contributed by atoms with E-state index >= 15 is 0 Å². The fraction of sp³-hybridized carbons (Fsp3) is 0.417. The van der Waals surface area contributed by atoms with Crippen molar-refractivity contribution in [1.82, 2.24) is 4.90 Å². The van der Waals surface area contributed by atoms with E-state index in [1.807, 2.05) is 0 Å². The van der Waals surface area contributed by atoms with Crippen LogP contribution in [-0.4, -0.2) is 36.1 Å². The molecule has 0 saturated carbocycles. The minimum atomic E-state index is -0.691. The maximum absolute atomic E-state index is 11.7. The quantitative estimate of drug-likeness (QED) is 0.926. The van der Waals surface area contributed by atoms with E-state index in [-0.39, 0.29) is 23.3 Å². The highest BCUT2D eigenvalue weighted by Crippen LogP contribution is 2.33. The highest BCUT2D eigenvalue weighted by molar-refractivity contribution is 6.35. The first-order chi connectivity index (χ1) is 8.36. The lowest BCUT2D eigenvalue weighted by atomic mass is 10.2. The van der Waals surface area contributed by atoms with Crippen LogP contribution >= 0.6 is 23.2 Å². The monoisotopic (exact) mass is 291 g/mol. The highest BCUT2D eigenvalue weighted by atomic mass is 35.5. The molecule has 1 N–H and O–H groups in total. The van der Waals surface area contributed by atoms with Crippen molar-refractivity contribution in [1.29, 1.82) is 0 Å². The number of benzene rings is 1. The number of nitrogens with zero attached hydrogens (tertiary/aromatic N) is 1. The predicted octanol–water partition coefficient (Wildman–Crippen LogP) is 2.34. The van der Waals surface area contributed by atoms with Gasteiger partial charge in [-0.3, -0.25) is 4.79 Å². The van der Waals surface area contributed by atoms with Gasteiger partial charge in [0.05, 0.1) is 11.6 Å². The fourth-order valence-corrected chi connectivity index (χ4v) is 2.03. The summed E-state index contributed by atoms with van der Waals surface area (Å²) in [6.45, 7) is 1.35. The van der Waals surface area contributed by atoms with Crippen molar-refractivity contribution >= 4 is 29.1 Å². The lowest BCUT2D eigenvalue weighted by Gasteiger charge is -2.20. The van der Waals surface area contributed by atoms with Crippen LogP contribution in [0.2, 0.25) is 10.0 Å². The lowest BCUT2D eigenvalue weighted by molar-refractivity contribution is -0.135. The molecule has 1 rings (SSSR count). The van der Waals surface area contributed by atoms with Gasteiger partial charge in [-0.25, -0.2) is 0 Å². The Morgan fingerprint density at radius 2 is 2.06 bits per heavy atom. The zero-order valence-electron chi connectivity index (χ0n) is 10.4. The summed E-state index contributed by atoms with van der Waals surface area (Å²) in [5, 5.41) is 9.91. The van der Waals surface area contributed by atoms with Gasteiger partial charge >= 0.3 is 0 Å². The van der Waals surface area contributed by atoms with Crippen molar-refractivity contribution in [2.24, 2.45) is 0 Å². The molecule has 0 aromatic heterocycles. The molecule has 4 nitrogen and oxygen atoms in total. The van der Waals surface area contributed by atoms with Crippen molar-refractivity contribution in [2.45, 2.75) is 19.6 Å². The number of aliphatic hydroxyl groups excluding tert-OH is 1. The zero-order valence-corrected chi connectivity index (χ0v) is 11.9. The number of rotatable bonds is 4. The molecule has 0 heterocycles. The van der Waals surface area contributed by atoms with E-state index < -0.39 is 6.10 Å². The fourth-order valence-electron chi connectivity index (χ4n) is 1.45. The first-order valence-corrected chi connectivity index (χ1v) is 6.09. The van der Waals surface area contributed by atoms with E-state index in [0.717, 1.165) is 0 Å². The molecule has 1 atom stereocenters. The highest BCUT2D eigenvalue weighted by Gasteiger charge is 2.20. The van der Waals surface area contributed by atoms with Crippen LogP contribution in [0.25, 0.3) is 0 Å². The average molecular weight is 292 g/mol. The summed E-state index contributed by atoms with van der Waals surface area (Å²) in [4.78, 5) is 13.1. The average Bonchev–Trinajstić information content (AvgIpc) is 2.30. The Kier molecular flexibility index (Phi) is 5.26. The molecular weight excluding hydrogens is 277 g/mol. The second kappa shape index (κ2) is 6.27. The van der Waals surface area contributed by atoms with E-state index in [1.165, 1.54) is 11.0 Å². The zero-order chi connectivity index (χ0) is 13.9. The van der Waals surface area contributed by atoms with Crippen molar-refractivity contribution < 1.29 is 14.6 Å². The Bertz CT molecular complexity index is 449. The molecule has 1 amide bonds. The topological polar surface area (TPSA) is 49.8 Å². The number of carbonyl (C=O) groups is 1. The number of aliphatic hydroxyl groups is 1. The first kappa shape index (κ1) is 15.1. The summed E-state index contributed by atoms with van der Waals surface area (Å²) in [6, 6.07) is 3.06. The molecule has 1 unspecified atom stereocenters. The van der Waals surface area contributed by atoms with Gasteiger partial charge in [-0.1, -0.05) is 23.2 Å². The second-order valence-electron chi connectivity index (χ2n) is 4.03. The summed E-state index contributed by atoms with van der Waals surface area (Å²) >= 11 is 11.8. The van der Waals surface area contributed by atoms with Crippen LogP contribution in [0, 0.1) is 0 Å². The molecule has 1 aromatic carbocycles. The third kappa shape index (κ3) is 3.51. The van der Waals surface area contributed by atoms with Gasteiger partial charge in [-0.05, 0) is 19.1 Å². The molecule has 0 aliphatic rings. The summed E-state index contributed by atoms with van der Waals surface area (Å²) in [7, 11) is 3.28. The van der Waals surface area contributed by atoms with Gasteiger partial charge in [0.25, 0.3) is 5.91 Å². The van der Waals surface area contributed by atoms with E-state index in [2.05, 4.69) is 0 Å². The minimum Gasteiger partial charge on any atom is -0.479 e. The van der Waals surface area contributed by atoms with E-state index in [9.17, 15) is 9.90 Å². The molecule has 0 bridgehead atoms. The molecule has 0 fully saturated rings. The molecule has 0 aliphatic heterocycles. The van der Waals surface area contributed by atoms with Gasteiger partial charge in [0.1, 0.15) is 5.75 Å². The van der Waals surface area contributed by atoms with Crippen molar-refractivity contribution in [3.63, 3.8) is 0 Å². The largest absolute Gasteiger partial charge is 0.479 e. The molecule has 0 aliphatic carbocycles.